The lowest BCUT2D eigenvalue weighted by Crippen LogP contribution is -2.00. The molecule has 0 aliphatic heterocycles. The zero-order valence-corrected chi connectivity index (χ0v) is 27.6. The minimum atomic E-state index is 0.906. The largest absolute Gasteiger partial charge is 0.309 e. The molecule has 4 nitrogen and oxygen atoms in total. The van der Waals surface area contributed by atoms with Crippen molar-refractivity contribution in [3.8, 4) is 28.3 Å². The molecule has 0 unspecified atom stereocenters. The van der Waals surface area contributed by atoms with Gasteiger partial charge in [-0.15, -0.1) is 0 Å². The van der Waals surface area contributed by atoms with Crippen LogP contribution in [-0.4, -0.2) is 18.7 Å². The molecule has 11 rings (SSSR count). The molecule has 4 aromatic heterocycles. The predicted molar refractivity (Wildman–Crippen MR) is 213 cm³/mol. The average molecular weight is 651 g/mol. The van der Waals surface area contributed by atoms with E-state index in [1.807, 2.05) is 6.20 Å². The molecule has 0 saturated heterocycles. The molecule has 0 radical (unpaired) electrons. The number of fused-ring (bicyclic) bond motifs is 9. The molecule has 51 heavy (non-hydrogen) atoms. The van der Waals surface area contributed by atoms with Crippen LogP contribution in [0.5, 0.6) is 0 Å². The highest BCUT2D eigenvalue weighted by molar-refractivity contribution is 6.13. The Morgan fingerprint density at radius 1 is 0.333 bits per heavy atom. The van der Waals surface area contributed by atoms with Gasteiger partial charge in [0.1, 0.15) is 5.82 Å². The summed E-state index contributed by atoms with van der Waals surface area (Å²) in [7, 11) is 0. The molecule has 0 bridgehead atoms. The molecule has 0 aliphatic carbocycles. The molecular weight excluding hydrogens is 621 g/mol. The Morgan fingerprint density at radius 3 is 1.33 bits per heavy atom. The van der Waals surface area contributed by atoms with Crippen LogP contribution >= 0.6 is 0 Å². The van der Waals surface area contributed by atoms with Gasteiger partial charge < -0.3 is 9.13 Å². The Balaban J connectivity index is 1.08. The number of benzene rings is 7. The van der Waals surface area contributed by atoms with E-state index in [2.05, 4.69) is 190 Å². The van der Waals surface area contributed by atoms with Crippen molar-refractivity contribution in [1.29, 1.82) is 0 Å². The van der Waals surface area contributed by atoms with E-state index in [1.54, 1.807) is 0 Å². The summed E-state index contributed by atoms with van der Waals surface area (Å²) in [6.07, 6.45) is 2.02. The van der Waals surface area contributed by atoms with E-state index in [9.17, 15) is 0 Å². The smallest absolute Gasteiger partial charge is 0.137 e. The van der Waals surface area contributed by atoms with Crippen molar-refractivity contribution in [3.63, 3.8) is 0 Å². The van der Waals surface area contributed by atoms with Crippen LogP contribution in [0.3, 0.4) is 0 Å². The number of para-hydroxylation sites is 6. The van der Waals surface area contributed by atoms with Crippen molar-refractivity contribution in [2.24, 2.45) is 0 Å². The fourth-order valence-electron chi connectivity index (χ4n) is 8.32. The maximum atomic E-state index is 5.09. The van der Waals surface area contributed by atoms with Crippen LogP contribution in [0.4, 0.5) is 0 Å². The maximum absolute atomic E-state index is 5.09. The van der Waals surface area contributed by atoms with Gasteiger partial charge in [-0.2, -0.15) is 0 Å². The number of nitrogens with zero attached hydrogens (tertiary/aromatic N) is 4. The lowest BCUT2D eigenvalue weighted by molar-refractivity contribution is 1.08. The number of rotatable bonds is 4. The lowest BCUT2D eigenvalue weighted by Gasteiger charge is -2.15. The number of hydrogen-bond donors (Lipinski definition) is 0. The van der Waals surface area contributed by atoms with E-state index in [0.29, 0.717) is 0 Å². The second-order valence-electron chi connectivity index (χ2n) is 13.2. The topological polar surface area (TPSA) is 27.7 Å². The quantitative estimate of drug-likeness (QED) is 0.186. The Kier molecular flexibility index (Phi) is 5.92. The lowest BCUT2D eigenvalue weighted by atomic mass is 10.0. The number of pyridine rings is 1. The predicted octanol–water partition coefficient (Wildman–Crippen LogP) is 12.0. The summed E-state index contributed by atoms with van der Waals surface area (Å²) < 4.78 is 7.08. The first kappa shape index (κ1) is 28.0. The van der Waals surface area contributed by atoms with Gasteiger partial charge in [0.2, 0.25) is 0 Å². The summed E-state index contributed by atoms with van der Waals surface area (Å²) in [5, 5.41) is 7.45. The van der Waals surface area contributed by atoms with Crippen molar-refractivity contribution < 1.29 is 0 Å². The van der Waals surface area contributed by atoms with Gasteiger partial charge in [0, 0.05) is 55.3 Å². The van der Waals surface area contributed by atoms with Crippen LogP contribution in [0.2, 0.25) is 0 Å². The van der Waals surface area contributed by atoms with Crippen LogP contribution in [-0.2, 0) is 0 Å². The Hall–Kier alpha value is -6.91. The molecule has 238 valence electrons. The fourth-order valence-corrected chi connectivity index (χ4v) is 8.32. The van der Waals surface area contributed by atoms with Gasteiger partial charge >= 0.3 is 0 Å². The molecule has 4 heteroatoms. The summed E-state index contributed by atoms with van der Waals surface area (Å²) in [6, 6.07) is 63.2. The molecule has 0 fully saturated rings. The minimum Gasteiger partial charge on any atom is -0.309 e. The van der Waals surface area contributed by atoms with Crippen LogP contribution in [0, 0.1) is 0 Å². The standard InChI is InChI=1S/C47H30N4/c1-7-19-40(33(13-1)31-25-28-47(48-30-31)51-44-23-11-4-16-36(44)37-17-5-12-24-45(37)51)50-43-22-10-6-18-38(43)39-29-32(26-27-46(39)50)49-41-20-8-2-14-34(41)35-15-3-9-21-42(35)49/h1-30H. The first-order chi connectivity index (χ1) is 25.3. The van der Waals surface area contributed by atoms with Crippen LogP contribution in [0.25, 0.3) is 93.7 Å². The summed E-state index contributed by atoms with van der Waals surface area (Å²) >= 11 is 0. The molecule has 0 spiro atoms. The van der Waals surface area contributed by atoms with Crippen molar-refractivity contribution in [2.45, 2.75) is 0 Å². The Morgan fingerprint density at radius 2 is 0.784 bits per heavy atom. The van der Waals surface area contributed by atoms with Crippen LogP contribution < -0.4 is 0 Å². The van der Waals surface area contributed by atoms with E-state index in [-0.39, 0.29) is 0 Å². The van der Waals surface area contributed by atoms with Crippen molar-refractivity contribution in [1.82, 2.24) is 18.7 Å². The molecule has 0 atom stereocenters. The highest BCUT2D eigenvalue weighted by Gasteiger charge is 2.19. The monoisotopic (exact) mass is 650 g/mol. The number of aromatic nitrogens is 4. The van der Waals surface area contributed by atoms with Gasteiger partial charge in [-0.05, 0) is 66.7 Å². The second kappa shape index (κ2) is 10.8. The van der Waals surface area contributed by atoms with Gasteiger partial charge in [0.25, 0.3) is 0 Å². The SMILES string of the molecule is c1ccc(-n2c3ccccc3c3cc(-n4c5ccccc5c5ccccc54)ccc32)c(-c2ccc(-n3c4ccccc4c4ccccc43)nc2)c1. The summed E-state index contributed by atoms with van der Waals surface area (Å²) in [5.74, 6) is 0.906. The van der Waals surface area contributed by atoms with E-state index >= 15 is 0 Å². The van der Waals surface area contributed by atoms with E-state index in [4.69, 9.17) is 4.98 Å². The van der Waals surface area contributed by atoms with Gasteiger partial charge in [0.05, 0.1) is 38.8 Å². The van der Waals surface area contributed by atoms with Crippen LogP contribution in [0.1, 0.15) is 0 Å². The van der Waals surface area contributed by atoms with Crippen LogP contribution in [0.15, 0.2) is 182 Å². The van der Waals surface area contributed by atoms with Gasteiger partial charge in [0.15, 0.2) is 0 Å². The minimum absolute atomic E-state index is 0.906. The molecule has 0 aliphatic rings. The molecule has 0 N–H and O–H groups in total. The van der Waals surface area contributed by atoms with Crippen molar-refractivity contribution in [3.05, 3.63) is 182 Å². The highest BCUT2D eigenvalue weighted by Crippen LogP contribution is 2.39. The molecule has 11 aromatic rings. The third-order valence-corrected chi connectivity index (χ3v) is 10.5. The maximum Gasteiger partial charge on any atom is 0.137 e. The summed E-state index contributed by atoms with van der Waals surface area (Å²) in [6.45, 7) is 0. The highest BCUT2D eigenvalue weighted by atomic mass is 15.1. The molecule has 4 heterocycles. The Labute approximate surface area is 293 Å². The van der Waals surface area contributed by atoms with Gasteiger partial charge in [-0.3, -0.25) is 4.57 Å². The second-order valence-corrected chi connectivity index (χ2v) is 13.2. The first-order valence-electron chi connectivity index (χ1n) is 17.4. The van der Waals surface area contributed by atoms with Gasteiger partial charge in [-0.25, -0.2) is 4.98 Å². The van der Waals surface area contributed by atoms with E-state index < -0.39 is 0 Å². The van der Waals surface area contributed by atoms with E-state index in [1.165, 1.54) is 54.4 Å². The zero-order chi connectivity index (χ0) is 33.5. The summed E-state index contributed by atoms with van der Waals surface area (Å²) in [4.78, 5) is 5.09. The number of hydrogen-bond acceptors (Lipinski definition) is 1. The third-order valence-electron chi connectivity index (χ3n) is 10.5. The molecule has 0 saturated carbocycles. The zero-order valence-electron chi connectivity index (χ0n) is 27.6. The molecule has 0 amide bonds. The Bertz CT molecular complexity index is 3030. The average Bonchev–Trinajstić information content (AvgIpc) is 3.84. The van der Waals surface area contributed by atoms with Crippen molar-refractivity contribution in [2.75, 3.05) is 0 Å². The molecule has 7 aromatic carbocycles. The van der Waals surface area contributed by atoms with Gasteiger partial charge in [-0.1, -0.05) is 109 Å². The normalized spacial score (nSPS) is 11.9. The van der Waals surface area contributed by atoms with Crippen molar-refractivity contribution >= 4 is 65.4 Å². The van der Waals surface area contributed by atoms with E-state index in [0.717, 1.165) is 39.4 Å². The third kappa shape index (κ3) is 4.05. The summed E-state index contributed by atoms with van der Waals surface area (Å²) in [5.41, 5.74) is 11.6. The molecular formula is C47H30N4. The first-order valence-corrected chi connectivity index (χ1v) is 17.4. The fraction of sp³-hybridized carbons (Fsp3) is 0.